The van der Waals surface area contributed by atoms with Gasteiger partial charge in [-0.05, 0) is 37.9 Å². The fourth-order valence-corrected chi connectivity index (χ4v) is 2.75. The molecule has 3 rings (SSSR count). The molecule has 2 aromatic heterocycles. The van der Waals surface area contributed by atoms with Crippen LogP contribution in [-0.4, -0.2) is 40.3 Å². The van der Waals surface area contributed by atoms with E-state index in [-0.39, 0.29) is 0 Å². The SMILES string of the molecule is CCCCN(CC1CCCN1)c1nc2ccccn2n1. The molecule has 0 aliphatic carbocycles. The van der Waals surface area contributed by atoms with Gasteiger partial charge in [0.1, 0.15) is 0 Å². The van der Waals surface area contributed by atoms with E-state index >= 15 is 0 Å². The number of hydrogen-bond donors (Lipinski definition) is 1. The Hall–Kier alpha value is -1.62. The lowest BCUT2D eigenvalue weighted by molar-refractivity contribution is 0.565. The Morgan fingerprint density at radius 2 is 2.40 bits per heavy atom. The van der Waals surface area contributed by atoms with Crippen LogP contribution in [0.25, 0.3) is 5.65 Å². The predicted molar refractivity (Wildman–Crippen MR) is 81.1 cm³/mol. The standard InChI is InChI=1S/C15H23N5/c1-2-3-10-19(12-13-7-6-9-16-13)15-17-14-8-4-5-11-20(14)18-15/h4-5,8,11,13,16H,2-3,6-7,9-10,12H2,1H3. The quantitative estimate of drug-likeness (QED) is 0.875. The van der Waals surface area contributed by atoms with E-state index in [2.05, 4.69) is 27.2 Å². The second kappa shape index (κ2) is 6.22. The molecule has 1 unspecified atom stereocenters. The number of aromatic nitrogens is 3. The third-order valence-electron chi connectivity index (χ3n) is 3.90. The molecule has 1 aliphatic heterocycles. The average Bonchev–Trinajstić information content (AvgIpc) is 3.12. The number of unbranched alkanes of at least 4 members (excludes halogenated alkanes) is 1. The fraction of sp³-hybridized carbons (Fsp3) is 0.600. The molecule has 1 aliphatic rings. The molecule has 2 aromatic rings. The van der Waals surface area contributed by atoms with Gasteiger partial charge in [-0.3, -0.25) is 0 Å². The summed E-state index contributed by atoms with van der Waals surface area (Å²) >= 11 is 0. The van der Waals surface area contributed by atoms with Gasteiger partial charge in [-0.25, -0.2) is 4.52 Å². The number of pyridine rings is 1. The Morgan fingerprint density at radius 1 is 1.45 bits per heavy atom. The van der Waals surface area contributed by atoms with E-state index in [1.165, 1.54) is 25.7 Å². The predicted octanol–water partition coefficient (Wildman–Crippen LogP) is 2.09. The number of hydrogen-bond acceptors (Lipinski definition) is 4. The summed E-state index contributed by atoms with van der Waals surface area (Å²) in [5.74, 6) is 0.860. The van der Waals surface area contributed by atoms with Crippen LogP contribution >= 0.6 is 0 Å². The highest BCUT2D eigenvalue weighted by molar-refractivity contribution is 5.44. The molecule has 3 heterocycles. The van der Waals surface area contributed by atoms with E-state index in [0.717, 1.165) is 31.2 Å². The highest BCUT2D eigenvalue weighted by atomic mass is 15.4. The fourth-order valence-electron chi connectivity index (χ4n) is 2.75. The number of nitrogens with zero attached hydrogens (tertiary/aromatic N) is 4. The van der Waals surface area contributed by atoms with Crippen molar-refractivity contribution in [2.45, 2.75) is 38.6 Å². The van der Waals surface area contributed by atoms with Gasteiger partial charge < -0.3 is 10.2 Å². The maximum atomic E-state index is 4.66. The Balaban J connectivity index is 1.79. The zero-order chi connectivity index (χ0) is 13.8. The lowest BCUT2D eigenvalue weighted by Crippen LogP contribution is -2.38. The van der Waals surface area contributed by atoms with Crippen LogP contribution in [0.4, 0.5) is 5.95 Å². The Labute approximate surface area is 120 Å². The summed E-state index contributed by atoms with van der Waals surface area (Å²) in [5.41, 5.74) is 0.920. The maximum absolute atomic E-state index is 4.66. The zero-order valence-electron chi connectivity index (χ0n) is 12.1. The van der Waals surface area contributed by atoms with Crippen molar-refractivity contribution >= 4 is 11.6 Å². The lowest BCUT2D eigenvalue weighted by atomic mass is 10.2. The Bertz CT molecular complexity index is 511. The topological polar surface area (TPSA) is 45.5 Å². The van der Waals surface area contributed by atoms with Crippen molar-refractivity contribution in [2.75, 3.05) is 24.5 Å². The van der Waals surface area contributed by atoms with Crippen LogP contribution in [0.15, 0.2) is 24.4 Å². The number of anilines is 1. The third kappa shape index (κ3) is 2.93. The summed E-state index contributed by atoms with van der Waals surface area (Å²) in [7, 11) is 0. The molecule has 0 amide bonds. The molecule has 0 saturated carbocycles. The molecule has 1 saturated heterocycles. The van der Waals surface area contributed by atoms with E-state index < -0.39 is 0 Å². The second-order valence-corrected chi connectivity index (χ2v) is 5.51. The molecule has 0 spiro atoms. The smallest absolute Gasteiger partial charge is 0.245 e. The van der Waals surface area contributed by atoms with Crippen molar-refractivity contribution in [3.05, 3.63) is 24.4 Å². The number of nitrogens with one attached hydrogen (secondary N) is 1. The summed E-state index contributed by atoms with van der Waals surface area (Å²) in [6, 6.07) is 6.57. The Kier molecular flexibility index (Phi) is 4.16. The molecule has 5 heteroatoms. The first-order chi connectivity index (χ1) is 9.86. The van der Waals surface area contributed by atoms with Crippen LogP contribution < -0.4 is 10.2 Å². The lowest BCUT2D eigenvalue weighted by Gasteiger charge is -2.24. The molecular weight excluding hydrogens is 250 g/mol. The van der Waals surface area contributed by atoms with Crippen LogP contribution in [0.3, 0.4) is 0 Å². The monoisotopic (exact) mass is 273 g/mol. The first kappa shape index (κ1) is 13.4. The average molecular weight is 273 g/mol. The molecule has 1 atom stereocenters. The van der Waals surface area contributed by atoms with Gasteiger partial charge in [-0.15, -0.1) is 5.10 Å². The molecule has 5 nitrogen and oxygen atoms in total. The van der Waals surface area contributed by atoms with Crippen LogP contribution in [0, 0.1) is 0 Å². The minimum atomic E-state index is 0.582. The number of rotatable bonds is 6. The van der Waals surface area contributed by atoms with Gasteiger partial charge >= 0.3 is 0 Å². The van der Waals surface area contributed by atoms with Gasteiger partial charge in [0.05, 0.1) is 0 Å². The van der Waals surface area contributed by atoms with Crippen LogP contribution in [-0.2, 0) is 0 Å². The molecule has 20 heavy (non-hydrogen) atoms. The molecular formula is C15H23N5. The van der Waals surface area contributed by atoms with Crippen LogP contribution in [0.5, 0.6) is 0 Å². The maximum Gasteiger partial charge on any atom is 0.245 e. The van der Waals surface area contributed by atoms with Crippen molar-refractivity contribution in [1.82, 2.24) is 19.9 Å². The highest BCUT2D eigenvalue weighted by Gasteiger charge is 2.20. The minimum Gasteiger partial charge on any atom is -0.338 e. The number of fused-ring (bicyclic) bond motifs is 1. The summed E-state index contributed by atoms with van der Waals surface area (Å²) in [6.45, 7) is 5.41. The van der Waals surface area contributed by atoms with Crippen molar-refractivity contribution in [3.63, 3.8) is 0 Å². The zero-order valence-corrected chi connectivity index (χ0v) is 12.1. The first-order valence-electron chi connectivity index (χ1n) is 7.66. The normalized spacial score (nSPS) is 18.8. The summed E-state index contributed by atoms with van der Waals surface area (Å²) in [4.78, 5) is 6.99. The van der Waals surface area contributed by atoms with Crippen molar-refractivity contribution in [3.8, 4) is 0 Å². The van der Waals surface area contributed by atoms with Crippen molar-refractivity contribution < 1.29 is 0 Å². The Morgan fingerprint density at radius 3 is 3.15 bits per heavy atom. The molecule has 1 fully saturated rings. The van der Waals surface area contributed by atoms with Gasteiger partial charge in [0.15, 0.2) is 5.65 Å². The highest BCUT2D eigenvalue weighted by Crippen LogP contribution is 2.15. The molecule has 0 bridgehead atoms. The van der Waals surface area contributed by atoms with Gasteiger partial charge in [0, 0.05) is 25.3 Å². The molecule has 108 valence electrons. The van der Waals surface area contributed by atoms with E-state index in [0.29, 0.717) is 6.04 Å². The van der Waals surface area contributed by atoms with E-state index in [4.69, 9.17) is 0 Å². The molecule has 1 N–H and O–H groups in total. The molecule has 0 aromatic carbocycles. The first-order valence-corrected chi connectivity index (χ1v) is 7.66. The summed E-state index contributed by atoms with van der Waals surface area (Å²) in [5, 5.41) is 8.17. The minimum absolute atomic E-state index is 0.582. The van der Waals surface area contributed by atoms with Gasteiger partial charge in [-0.2, -0.15) is 4.98 Å². The largest absolute Gasteiger partial charge is 0.338 e. The van der Waals surface area contributed by atoms with E-state index in [9.17, 15) is 0 Å². The van der Waals surface area contributed by atoms with Crippen molar-refractivity contribution in [1.29, 1.82) is 0 Å². The third-order valence-corrected chi connectivity index (χ3v) is 3.90. The molecule has 0 radical (unpaired) electrons. The van der Waals surface area contributed by atoms with Crippen LogP contribution in [0.2, 0.25) is 0 Å². The van der Waals surface area contributed by atoms with Gasteiger partial charge in [-0.1, -0.05) is 19.4 Å². The van der Waals surface area contributed by atoms with Crippen LogP contribution in [0.1, 0.15) is 32.6 Å². The van der Waals surface area contributed by atoms with Gasteiger partial charge in [0.25, 0.3) is 0 Å². The summed E-state index contributed by atoms with van der Waals surface area (Å²) in [6.07, 6.45) is 6.88. The summed E-state index contributed by atoms with van der Waals surface area (Å²) < 4.78 is 1.86. The van der Waals surface area contributed by atoms with E-state index in [1.54, 1.807) is 0 Å². The van der Waals surface area contributed by atoms with Crippen molar-refractivity contribution in [2.24, 2.45) is 0 Å². The van der Waals surface area contributed by atoms with Gasteiger partial charge in [0.2, 0.25) is 5.95 Å². The second-order valence-electron chi connectivity index (χ2n) is 5.51. The van der Waals surface area contributed by atoms with E-state index in [1.807, 2.05) is 28.9 Å².